The van der Waals surface area contributed by atoms with Crippen molar-refractivity contribution in [1.29, 1.82) is 0 Å². The zero-order valence-electron chi connectivity index (χ0n) is 16.0. The molecule has 1 saturated heterocycles. The van der Waals surface area contributed by atoms with Crippen LogP contribution in [0.4, 0.5) is 0 Å². The van der Waals surface area contributed by atoms with E-state index in [0.717, 1.165) is 23.6 Å². The summed E-state index contributed by atoms with van der Waals surface area (Å²) in [6, 6.07) is 11.0. The van der Waals surface area contributed by atoms with Gasteiger partial charge in [0.25, 0.3) is 0 Å². The number of pyridine rings is 2. The molecule has 8 nitrogen and oxygen atoms in total. The van der Waals surface area contributed by atoms with Gasteiger partial charge in [-0.15, -0.1) is 10.2 Å². The Morgan fingerprint density at radius 1 is 1.21 bits per heavy atom. The van der Waals surface area contributed by atoms with Gasteiger partial charge in [0.15, 0.2) is 11.5 Å². The van der Waals surface area contributed by atoms with E-state index in [-0.39, 0.29) is 24.0 Å². The Kier molecular flexibility index (Phi) is 5.31. The van der Waals surface area contributed by atoms with E-state index in [1.165, 1.54) is 0 Å². The summed E-state index contributed by atoms with van der Waals surface area (Å²) >= 11 is 0. The van der Waals surface area contributed by atoms with Gasteiger partial charge in [0.1, 0.15) is 6.04 Å². The summed E-state index contributed by atoms with van der Waals surface area (Å²) < 4.78 is 1.93. The Labute approximate surface area is 163 Å². The zero-order valence-corrected chi connectivity index (χ0v) is 16.0. The van der Waals surface area contributed by atoms with E-state index in [0.29, 0.717) is 12.3 Å². The lowest BCUT2D eigenvalue weighted by atomic mass is 10.0. The number of hydrogen-bond donors (Lipinski definition) is 3. The van der Waals surface area contributed by atoms with Crippen LogP contribution in [0.25, 0.3) is 5.65 Å². The summed E-state index contributed by atoms with van der Waals surface area (Å²) in [6.45, 7) is 4.27. The predicted octanol–water partition coefficient (Wildman–Crippen LogP) is 1.94. The van der Waals surface area contributed by atoms with Crippen LogP contribution in [0.5, 0.6) is 0 Å². The fraction of sp³-hybridized carbons (Fsp3) is 0.400. The first-order valence-electron chi connectivity index (χ1n) is 9.64. The molecule has 3 atom stereocenters. The maximum atomic E-state index is 13.0. The lowest BCUT2D eigenvalue weighted by Gasteiger charge is -2.21. The van der Waals surface area contributed by atoms with Crippen LogP contribution in [-0.4, -0.2) is 31.5 Å². The molecule has 0 saturated carbocycles. The highest BCUT2D eigenvalue weighted by molar-refractivity contribution is 5.82. The third kappa shape index (κ3) is 3.88. The van der Waals surface area contributed by atoms with Gasteiger partial charge < -0.3 is 5.32 Å². The second kappa shape index (κ2) is 8.04. The maximum Gasteiger partial charge on any atom is 0.239 e. The monoisotopic (exact) mass is 379 g/mol. The van der Waals surface area contributed by atoms with Crippen molar-refractivity contribution in [2.75, 3.05) is 0 Å². The van der Waals surface area contributed by atoms with Crippen LogP contribution in [0.1, 0.15) is 50.3 Å². The highest BCUT2D eigenvalue weighted by Crippen LogP contribution is 2.23. The Hall–Kier alpha value is -2.84. The smallest absolute Gasteiger partial charge is 0.239 e. The van der Waals surface area contributed by atoms with Gasteiger partial charge in [-0.3, -0.25) is 14.2 Å². The fourth-order valence-corrected chi connectivity index (χ4v) is 3.57. The number of nitrogens with one attached hydrogen (secondary N) is 3. The lowest BCUT2D eigenvalue weighted by molar-refractivity contribution is -0.123. The summed E-state index contributed by atoms with van der Waals surface area (Å²) in [6.07, 6.45) is 5.11. The van der Waals surface area contributed by atoms with E-state index in [9.17, 15) is 4.79 Å². The molecule has 146 valence electrons. The molecule has 3 aromatic rings. The van der Waals surface area contributed by atoms with Crippen molar-refractivity contribution in [1.82, 2.24) is 35.8 Å². The van der Waals surface area contributed by atoms with Gasteiger partial charge in [0.2, 0.25) is 5.91 Å². The molecule has 3 aromatic heterocycles. The minimum absolute atomic E-state index is 0.00872. The van der Waals surface area contributed by atoms with Crippen molar-refractivity contribution in [2.45, 2.75) is 44.8 Å². The molecule has 4 heterocycles. The van der Waals surface area contributed by atoms with Crippen molar-refractivity contribution < 1.29 is 4.79 Å². The number of carbonyl (C=O) groups is 1. The van der Waals surface area contributed by atoms with Crippen molar-refractivity contribution in [3.05, 3.63) is 60.3 Å². The first-order chi connectivity index (χ1) is 13.6. The molecule has 1 fully saturated rings. The average molecular weight is 379 g/mol. The van der Waals surface area contributed by atoms with Gasteiger partial charge >= 0.3 is 0 Å². The Morgan fingerprint density at radius 2 is 2.07 bits per heavy atom. The number of amides is 1. The summed E-state index contributed by atoms with van der Waals surface area (Å²) in [5.74, 6) is 1.10. The SMILES string of the molecule is CC(C)CC(NC(=O)C1CC(c2ccccn2)NN1)c1nnc2ccccn12. The molecule has 1 aliphatic rings. The Balaban J connectivity index is 1.49. The normalized spacial score (nSPS) is 20.5. The molecule has 3 N–H and O–H groups in total. The number of hydrazine groups is 1. The van der Waals surface area contributed by atoms with E-state index in [1.807, 2.05) is 47.0 Å². The maximum absolute atomic E-state index is 13.0. The number of nitrogens with zero attached hydrogens (tertiary/aromatic N) is 4. The van der Waals surface area contributed by atoms with Crippen LogP contribution in [0.2, 0.25) is 0 Å². The van der Waals surface area contributed by atoms with E-state index >= 15 is 0 Å². The molecule has 28 heavy (non-hydrogen) atoms. The van der Waals surface area contributed by atoms with E-state index in [1.54, 1.807) is 6.20 Å². The molecule has 4 rings (SSSR count). The number of fused-ring (bicyclic) bond motifs is 1. The first-order valence-corrected chi connectivity index (χ1v) is 9.64. The summed E-state index contributed by atoms with van der Waals surface area (Å²) in [7, 11) is 0. The third-order valence-corrected chi connectivity index (χ3v) is 4.94. The Bertz CT molecular complexity index is 940. The highest BCUT2D eigenvalue weighted by atomic mass is 16.2. The third-order valence-electron chi connectivity index (χ3n) is 4.94. The summed E-state index contributed by atoms with van der Waals surface area (Å²) in [4.78, 5) is 17.3. The van der Waals surface area contributed by atoms with Gasteiger partial charge in [0.05, 0.1) is 17.8 Å². The van der Waals surface area contributed by atoms with Gasteiger partial charge in [-0.1, -0.05) is 26.0 Å². The highest BCUT2D eigenvalue weighted by Gasteiger charge is 2.32. The molecule has 1 amide bonds. The molecule has 0 spiro atoms. The molecule has 0 radical (unpaired) electrons. The zero-order chi connectivity index (χ0) is 19.5. The van der Waals surface area contributed by atoms with Crippen LogP contribution in [-0.2, 0) is 4.79 Å². The molecule has 0 aliphatic carbocycles. The Morgan fingerprint density at radius 3 is 2.86 bits per heavy atom. The van der Waals surface area contributed by atoms with Gasteiger partial charge in [-0.05, 0) is 43.0 Å². The van der Waals surface area contributed by atoms with Crippen LogP contribution >= 0.6 is 0 Å². The van der Waals surface area contributed by atoms with E-state index in [2.05, 4.69) is 45.2 Å². The van der Waals surface area contributed by atoms with Crippen LogP contribution < -0.4 is 16.2 Å². The van der Waals surface area contributed by atoms with Crippen molar-refractivity contribution in [3.8, 4) is 0 Å². The van der Waals surface area contributed by atoms with Crippen LogP contribution in [0.3, 0.4) is 0 Å². The van der Waals surface area contributed by atoms with E-state index < -0.39 is 0 Å². The molecule has 3 unspecified atom stereocenters. The number of carbonyl (C=O) groups excluding carboxylic acids is 1. The number of rotatable bonds is 6. The minimum atomic E-state index is -0.333. The minimum Gasteiger partial charge on any atom is -0.345 e. The van der Waals surface area contributed by atoms with Crippen LogP contribution in [0, 0.1) is 5.92 Å². The van der Waals surface area contributed by atoms with Gasteiger partial charge in [0, 0.05) is 12.4 Å². The molecule has 0 aromatic carbocycles. The second-order valence-electron chi connectivity index (χ2n) is 7.56. The van der Waals surface area contributed by atoms with E-state index in [4.69, 9.17) is 0 Å². The molecule has 8 heteroatoms. The van der Waals surface area contributed by atoms with Gasteiger partial charge in [-0.25, -0.2) is 10.9 Å². The lowest BCUT2D eigenvalue weighted by Crippen LogP contribution is -2.45. The van der Waals surface area contributed by atoms with Crippen molar-refractivity contribution >= 4 is 11.6 Å². The van der Waals surface area contributed by atoms with Crippen molar-refractivity contribution in [2.24, 2.45) is 5.92 Å². The van der Waals surface area contributed by atoms with Crippen molar-refractivity contribution in [3.63, 3.8) is 0 Å². The van der Waals surface area contributed by atoms with Crippen LogP contribution in [0.15, 0.2) is 48.8 Å². The average Bonchev–Trinajstić information content (AvgIpc) is 3.35. The topological polar surface area (TPSA) is 96.2 Å². The largest absolute Gasteiger partial charge is 0.345 e. The molecular weight excluding hydrogens is 354 g/mol. The molecular formula is C20H25N7O. The fourth-order valence-electron chi connectivity index (χ4n) is 3.57. The van der Waals surface area contributed by atoms with Gasteiger partial charge in [-0.2, -0.15) is 0 Å². The predicted molar refractivity (Wildman–Crippen MR) is 105 cm³/mol. The first kappa shape index (κ1) is 18.5. The summed E-state index contributed by atoms with van der Waals surface area (Å²) in [5.41, 5.74) is 7.98. The standard InChI is InChI=1S/C20H25N7O/c1-13(2)11-16(19-26-25-18-8-4-6-10-27(18)19)22-20(28)17-12-15(23-24-17)14-7-3-5-9-21-14/h3-10,13,15-17,23-24H,11-12H2,1-2H3,(H,22,28). The second-order valence-corrected chi connectivity index (χ2v) is 7.56. The molecule has 1 aliphatic heterocycles. The number of aromatic nitrogens is 4. The number of hydrogen-bond acceptors (Lipinski definition) is 6. The summed E-state index contributed by atoms with van der Waals surface area (Å²) in [5, 5.41) is 11.7. The quantitative estimate of drug-likeness (QED) is 0.606. The molecule has 0 bridgehead atoms.